The fraction of sp³-hybridized carbons (Fsp3) is 0.429. The van der Waals surface area contributed by atoms with Crippen LogP contribution < -0.4 is 4.72 Å². The Hall–Kier alpha value is -1.29. The standard InChI is InChI=1S/C14H19N3O3S3/c1-17(2)14(18)8-13-16-11(9-21-13)12-5-4-10(22-12)6-7-15-23(3,19)20/h4-5,9,15H,6-8H2,1-3H3. The van der Waals surface area contributed by atoms with Gasteiger partial charge in [0.1, 0.15) is 5.01 Å². The molecule has 23 heavy (non-hydrogen) atoms. The summed E-state index contributed by atoms with van der Waals surface area (Å²) in [6.45, 7) is 0.387. The summed E-state index contributed by atoms with van der Waals surface area (Å²) in [5.74, 6) is 0.0321. The number of amides is 1. The highest BCUT2D eigenvalue weighted by molar-refractivity contribution is 7.88. The Morgan fingerprint density at radius 1 is 1.35 bits per heavy atom. The number of rotatable bonds is 7. The normalized spacial score (nSPS) is 11.6. The number of thiophene rings is 1. The van der Waals surface area contributed by atoms with Crippen molar-refractivity contribution in [3.8, 4) is 10.6 Å². The van der Waals surface area contributed by atoms with Crippen LogP contribution in [-0.4, -0.2) is 51.1 Å². The Morgan fingerprint density at radius 2 is 2.09 bits per heavy atom. The molecule has 2 aromatic rings. The summed E-state index contributed by atoms with van der Waals surface area (Å²) in [5, 5.41) is 2.75. The maximum Gasteiger partial charge on any atom is 0.228 e. The van der Waals surface area contributed by atoms with Gasteiger partial charge in [0, 0.05) is 30.9 Å². The maximum absolute atomic E-state index is 11.7. The number of nitrogens with one attached hydrogen (secondary N) is 1. The van der Waals surface area contributed by atoms with Gasteiger partial charge in [0.2, 0.25) is 15.9 Å². The molecule has 2 heterocycles. The van der Waals surface area contributed by atoms with E-state index in [1.54, 1.807) is 30.3 Å². The first-order valence-electron chi connectivity index (χ1n) is 6.93. The SMILES string of the molecule is CN(C)C(=O)Cc1nc(-c2ccc(CCNS(C)(=O)=O)s2)cs1. The zero-order valence-corrected chi connectivity index (χ0v) is 15.6. The van der Waals surface area contributed by atoms with Crippen molar-refractivity contribution in [3.63, 3.8) is 0 Å². The van der Waals surface area contributed by atoms with Crippen LogP contribution in [0.4, 0.5) is 0 Å². The number of sulfonamides is 1. The molecule has 1 amide bonds. The average Bonchev–Trinajstić information content (AvgIpc) is 3.06. The van der Waals surface area contributed by atoms with Crippen LogP contribution in [-0.2, 0) is 27.7 Å². The number of carbonyl (C=O) groups excluding carboxylic acids is 1. The Bertz CT molecular complexity index is 778. The predicted octanol–water partition coefficient (Wildman–Crippen LogP) is 1.59. The first kappa shape index (κ1) is 18.1. The molecule has 0 saturated heterocycles. The van der Waals surface area contributed by atoms with E-state index in [1.165, 1.54) is 11.3 Å². The maximum atomic E-state index is 11.7. The molecule has 6 nitrogen and oxygen atoms in total. The van der Waals surface area contributed by atoms with E-state index in [1.807, 2.05) is 17.5 Å². The quantitative estimate of drug-likeness (QED) is 0.799. The molecule has 2 rings (SSSR count). The van der Waals surface area contributed by atoms with Crippen molar-refractivity contribution in [2.45, 2.75) is 12.8 Å². The zero-order chi connectivity index (χ0) is 17.0. The third kappa shape index (κ3) is 5.69. The van der Waals surface area contributed by atoms with Crippen LogP contribution in [0.1, 0.15) is 9.88 Å². The van der Waals surface area contributed by atoms with Gasteiger partial charge in [-0.3, -0.25) is 4.79 Å². The molecule has 0 unspecified atom stereocenters. The van der Waals surface area contributed by atoms with Crippen molar-refractivity contribution in [1.29, 1.82) is 0 Å². The molecule has 0 spiro atoms. The lowest BCUT2D eigenvalue weighted by atomic mass is 10.3. The Balaban J connectivity index is 1.98. The summed E-state index contributed by atoms with van der Waals surface area (Å²) in [6.07, 6.45) is 2.11. The van der Waals surface area contributed by atoms with Crippen LogP contribution in [0.15, 0.2) is 17.5 Å². The molecule has 0 aliphatic carbocycles. The first-order valence-corrected chi connectivity index (χ1v) is 10.5. The second kappa shape index (κ2) is 7.52. The van der Waals surface area contributed by atoms with Gasteiger partial charge >= 0.3 is 0 Å². The van der Waals surface area contributed by atoms with Crippen LogP contribution in [0.25, 0.3) is 10.6 Å². The van der Waals surface area contributed by atoms with Gasteiger partial charge in [-0.1, -0.05) is 0 Å². The monoisotopic (exact) mass is 373 g/mol. The molecule has 0 aliphatic heterocycles. The van der Waals surface area contributed by atoms with Crippen LogP contribution in [0.5, 0.6) is 0 Å². The molecular formula is C14H19N3O3S3. The van der Waals surface area contributed by atoms with Crippen molar-refractivity contribution >= 4 is 38.6 Å². The molecule has 0 aromatic carbocycles. The van der Waals surface area contributed by atoms with Gasteiger partial charge in [-0.25, -0.2) is 18.1 Å². The molecule has 0 radical (unpaired) electrons. The van der Waals surface area contributed by atoms with E-state index in [9.17, 15) is 13.2 Å². The van der Waals surface area contributed by atoms with Crippen molar-refractivity contribution in [2.75, 3.05) is 26.9 Å². The summed E-state index contributed by atoms with van der Waals surface area (Å²) in [6, 6.07) is 3.96. The molecule has 0 atom stereocenters. The number of hydrogen-bond acceptors (Lipinski definition) is 6. The average molecular weight is 374 g/mol. The fourth-order valence-electron chi connectivity index (χ4n) is 1.80. The highest BCUT2D eigenvalue weighted by Gasteiger charge is 2.12. The minimum Gasteiger partial charge on any atom is -0.348 e. The van der Waals surface area contributed by atoms with Gasteiger partial charge in [0.05, 0.1) is 23.2 Å². The van der Waals surface area contributed by atoms with Crippen LogP contribution in [0.3, 0.4) is 0 Å². The van der Waals surface area contributed by atoms with Crippen molar-refractivity contribution in [1.82, 2.24) is 14.6 Å². The number of hydrogen-bond donors (Lipinski definition) is 1. The van der Waals surface area contributed by atoms with Gasteiger partial charge in [-0.15, -0.1) is 22.7 Å². The molecule has 126 valence electrons. The second-order valence-corrected chi connectivity index (χ2v) is 9.22. The van der Waals surface area contributed by atoms with Gasteiger partial charge in [0.25, 0.3) is 0 Å². The van der Waals surface area contributed by atoms with Crippen molar-refractivity contribution in [3.05, 3.63) is 27.4 Å². The molecule has 0 fully saturated rings. The van der Waals surface area contributed by atoms with E-state index in [0.717, 1.165) is 26.7 Å². The van der Waals surface area contributed by atoms with Crippen molar-refractivity contribution < 1.29 is 13.2 Å². The third-order valence-corrected chi connectivity index (χ3v) is 5.75. The lowest BCUT2D eigenvalue weighted by molar-refractivity contribution is -0.127. The Labute approximate surface area is 144 Å². The van der Waals surface area contributed by atoms with E-state index in [2.05, 4.69) is 9.71 Å². The topological polar surface area (TPSA) is 79.4 Å². The number of carbonyl (C=O) groups is 1. The fourth-order valence-corrected chi connectivity index (χ4v) is 4.10. The Morgan fingerprint density at radius 3 is 2.74 bits per heavy atom. The van der Waals surface area contributed by atoms with E-state index in [0.29, 0.717) is 19.4 Å². The largest absolute Gasteiger partial charge is 0.348 e. The van der Waals surface area contributed by atoms with Crippen LogP contribution >= 0.6 is 22.7 Å². The van der Waals surface area contributed by atoms with Crippen molar-refractivity contribution in [2.24, 2.45) is 0 Å². The summed E-state index contributed by atoms with van der Waals surface area (Å²) >= 11 is 3.07. The minimum atomic E-state index is -3.15. The van der Waals surface area contributed by atoms with E-state index in [-0.39, 0.29) is 5.91 Å². The number of thiazole rings is 1. The summed E-state index contributed by atoms with van der Waals surface area (Å²) in [5.41, 5.74) is 0.865. The van der Waals surface area contributed by atoms with Crippen LogP contribution in [0, 0.1) is 0 Å². The van der Waals surface area contributed by atoms with E-state index < -0.39 is 10.0 Å². The molecular weight excluding hydrogens is 354 g/mol. The van der Waals surface area contributed by atoms with Crippen LogP contribution in [0.2, 0.25) is 0 Å². The number of likely N-dealkylation sites (N-methyl/N-ethyl adjacent to an activating group) is 1. The lowest BCUT2D eigenvalue weighted by Gasteiger charge is -2.07. The Kier molecular flexibility index (Phi) is 5.90. The van der Waals surface area contributed by atoms with E-state index in [4.69, 9.17) is 0 Å². The molecule has 1 N–H and O–H groups in total. The highest BCUT2D eigenvalue weighted by Crippen LogP contribution is 2.29. The number of aromatic nitrogens is 1. The first-order chi connectivity index (χ1) is 10.7. The smallest absolute Gasteiger partial charge is 0.228 e. The molecule has 0 saturated carbocycles. The molecule has 0 aliphatic rings. The van der Waals surface area contributed by atoms with Gasteiger partial charge in [-0.05, 0) is 18.6 Å². The summed E-state index contributed by atoms with van der Waals surface area (Å²) in [4.78, 5) is 19.9. The zero-order valence-electron chi connectivity index (χ0n) is 13.2. The van der Waals surface area contributed by atoms with E-state index >= 15 is 0 Å². The van der Waals surface area contributed by atoms with Gasteiger partial charge < -0.3 is 4.90 Å². The summed E-state index contributed by atoms with van der Waals surface area (Å²) in [7, 11) is 0.311. The lowest BCUT2D eigenvalue weighted by Crippen LogP contribution is -2.23. The third-order valence-electron chi connectivity index (χ3n) is 3.00. The number of nitrogens with zero attached hydrogens (tertiary/aromatic N) is 2. The minimum absolute atomic E-state index is 0.0321. The summed E-state index contributed by atoms with van der Waals surface area (Å²) < 4.78 is 24.6. The van der Waals surface area contributed by atoms with Gasteiger partial charge in [-0.2, -0.15) is 0 Å². The molecule has 0 bridgehead atoms. The highest BCUT2D eigenvalue weighted by atomic mass is 32.2. The molecule has 2 aromatic heterocycles. The second-order valence-electron chi connectivity index (χ2n) is 5.27. The molecule has 9 heteroatoms. The van der Waals surface area contributed by atoms with Gasteiger partial charge in [0.15, 0.2) is 0 Å². The predicted molar refractivity (Wildman–Crippen MR) is 94.4 cm³/mol.